The van der Waals surface area contributed by atoms with E-state index >= 15 is 0 Å². The highest BCUT2D eigenvalue weighted by atomic mass is 35.5. The Balaban J connectivity index is 2.66. The minimum absolute atomic E-state index is 0.0183. The Morgan fingerprint density at radius 3 is 2.26 bits per heavy atom. The van der Waals surface area contributed by atoms with Crippen molar-refractivity contribution in [2.24, 2.45) is 0 Å². The van der Waals surface area contributed by atoms with Crippen LogP contribution in [0.15, 0.2) is 12.1 Å². The Morgan fingerprint density at radius 1 is 1.16 bits per heavy atom. The van der Waals surface area contributed by atoms with Crippen LogP contribution in [0, 0.1) is 17.5 Å². The van der Waals surface area contributed by atoms with Gasteiger partial charge in [0.15, 0.2) is 17.5 Å². The fourth-order valence-corrected chi connectivity index (χ4v) is 1.99. The lowest BCUT2D eigenvalue weighted by Gasteiger charge is -2.06. The topological polar surface area (TPSA) is 43.8 Å². The van der Waals surface area contributed by atoms with E-state index in [1.807, 2.05) is 13.8 Å². The summed E-state index contributed by atoms with van der Waals surface area (Å²) in [5.41, 5.74) is 5.89. The van der Waals surface area contributed by atoms with E-state index in [-0.39, 0.29) is 22.4 Å². The lowest BCUT2D eigenvalue weighted by molar-refractivity contribution is 0.491. The van der Waals surface area contributed by atoms with Gasteiger partial charge in [-0.05, 0) is 5.92 Å². The van der Waals surface area contributed by atoms with Crippen molar-refractivity contribution in [3.8, 4) is 5.69 Å². The molecule has 1 aromatic carbocycles. The number of hydrogen-bond acceptors (Lipinski definition) is 2. The molecule has 0 atom stereocenters. The third-order valence-corrected chi connectivity index (χ3v) is 3.04. The van der Waals surface area contributed by atoms with E-state index in [2.05, 4.69) is 5.10 Å². The van der Waals surface area contributed by atoms with Crippen molar-refractivity contribution in [1.82, 2.24) is 9.78 Å². The smallest absolute Gasteiger partial charge is 0.161 e. The summed E-state index contributed by atoms with van der Waals surface area (Å²) in [4.78, 5) is 0. The number of nitrogen functional groups attached to an aromatic ring is 1. The quantitative estimate of drug-likeness (QED) is 0.858. The molecule has 0 spiro atoms. The van der Waals surface area contributed by atoms with Gasteiger partial charge in [-0.3, -0.25) is 0 Å². The van der Waals surface area contributed by atoms with Gasteiger partial charge in [0.1, 0.15) is 16.5 Å². The van der Waals surface area contributed by atoms with Gasteiger partial charge in [-0.15, -0.1) is 0 Å². The summed E-state index contributed by atoms with van der Waals surface area (Å²) in [5, 5.41) is 4.22. The van der Waals surface area contributed by atoms with E-state index in [0.29, 0.717) is 17.8 Å². The fraction of sp³-hybridized carbons (Fsp3) is 0.250. The average Bonchev–Trinajstić information content (AvgIpc) is 2.62. The Morgan fingerprint density at radius 2 is 1.74 bits per heavy atom. The first kappa shape index (κ1) is 13.7. The van der Waals surface area contributed by atoms with Crippen molar-refractivity contribution in [3.05, 3.63) is 40.3 Å². The molecule has 0 amide bonds. The molecular weight excluding hydrogens is 279 g/mol. The predicted octanol–water partition coefficient (Wildman–Crippen LogP) is 3.65. The second-order valence-corrected chi connectivity index (χ2v) is 4.75. The van der Waals surface area contributed by atoms with Gasteiger partial charge < -0.3 is 5.73 Å². The zero-order valence-electron chi connectivity index (χ0n) is 10.2. The van der Waals surface area contributed by atoms with Gasteiger partial charge in [0, 0.05) is 12.1 Å². The summed E-state index contributed by atoms with van der Waals surface area (Å²) in [6.07, 6.45) is 0. The van der Waals surface area contributed by atoms with Crippen LogP contribution in [0.4, 0.5) is 19.0 Å². The highest BCUT2D eigenvalue weighted by molar-refractivity contribution is 6.33. The molecule has 102 valence electrons. The normalized spacial score (nSPS) is 11.3. The van der Waals surface area contributed by atoms with Crippen LogP contribution in [-0.4, -0.2) is 9.78 Å². The molecule has 2 aromatic rings. The maximum absolute atomic E-state index is 13.7. The monoisotopic (exact) mass is 289 g/mol. The predicted molar refractivity (Wildman–Crippen MR) is 66.9 cm³/mol. The highest BCUT2D eigenvalue weighted by Crippen LogP contribution is 2.31. The van der Waals surface area contributed by atoms with E-state index in [0.717, 1.165) is 4.68 Å². The number of rotatable bonds is 2. The minimum atomic E-state index is -1.28. The minimum Gasteiger partial charge on any atom is -0.382 e. The van der Waals surface area contributed by atoms with Crippen molar-refractivity contribution in [2.75, 3.05) is 5.73 Å². The molecule has 0 radical (unpaired) electrons. The number of anilines is 1. The molecule has 2 rings (SSSR count). The molecule has 19 heavy (non-hydrogen) atoms. The Labute approximate surface area is 112 Å². The summed E-state index contributed by atoms with van der Waals surface area (Å²) in [6, 6.07) is 1.13. The van der Waals surface area contributed by atoms with Gasteiger partial charge >= 0.3 is 0 Å². The number of aromatic nitrogens is 2. The van der Waals surface area contributed by atoms with Gasteiger partial charge in [0.25, 0.3) is 0 Å². The van der Waals surface area contributed by atoms with E-state index in [4.69, 9.17) is 17.3 Å². The largest absolute Gasteiger partial charge is 0.382 e. The van der Waals surface area contributed by atoms with Crippen LogP contribution in [0.25, 0.3) is 5.69 Å². The van der Waals surface area contributed by atoms with Crippen LogP contribution >= 0.6 is 11.6 Å². The molecule has 0 bridgehead atoms. The summed E-state index contributed by atoms with van der Waals surface area (Å²) in [5.74, 6) is -3.49. The molecule has 0 unspecified atom stereocenters. The number of halogens is 4. The first-order valence-electron chi connectivity index (χ1n) is 5.51. The van der Waals surface area contributed by atoms with Gasteiger partial charge in [0.05, 0.1) is 5.69 Å². The first-order chi connectivity index (χ1) is 8.82. The molecule has 0 aliphatic heterocycles. The van der Waals surface area contributed by atoms with Crippen LogP contribution in [-0.2, 0) is 0 Å². The maximum Gasteiger partial charge on any atom is 0.161 e. The molecule has 1 heterocycles. The van der Waals surface area contributed by atoms with Gasteiger partial charge in [-0.25, -0.2) is 17.9 Å². The molecule has 3 nitrogen and oxygen atoms in total. The van der Waals surface area contributed by atoms with Crippen molar-refractivity contribution in [2.45, 2.75) is 19.8 Å². The van der Waals surface area contributed by atoms with Crippen molar-refractivity contribution < 1.29 is 13.2 Å². The molecule has 0 saturated carbocycles. The van der Waals surface area contributed by atoms with Crippen LogP contribution in [0.2, 0.25) is 5.02 Å². The molecule has 0 fully saturated rings. The van der Waals surface area contributed by atoms with E-state index < -0.39 is 17.5 Å². The highest BCUT2D eigenvalue weighted by Gasteiger charge is 2.20. The van der Waals surface area contributed by atoms with Crippen molar-refractivity contribution >= 4 is 17.4 Å². The van der Waals surface area contributed by atoms with E-state index in [1.165, 1.54) is 0 Å². The third-order valence-electron chi connectivity index (χ3n) is 2.65. The van der Waals surface area contributed by atoms with Gasteiger partial charge in [0.2, 0.25) is 0 Å². The van der Waals surface area contributed by atoms with Crippen LogP contribution in [0.3, 0.4) is 0 Å². The number of nitrogens with zero attached hydrogens (tertiary/aromatic N) is 2. The Bertz CT molecular complexity index is 638. The third kappa shape index (κ3) is 2.28. The Kier molecular flexibility index (Phi) is 3.45. The number of hydrogen-bond donors (Lipinski definition) is 1. The fourth-order valence-electron chi connectivity index (χ4n) is 1.66. The Hall–Kier alpha value is -1.69. The van der Waals surface area contributed by atoms with Crippen molar-refractivity contribution in [3.63, 3.8) is 0 Å². The average molecular weight is 290 g/mol. The molecule has 0 saturated heterocycles. The van der Waals surface area contributed by atoms with Crippen LogP contribution in [0.1, 0.15) is 25.5 Å². The summed E-state index contributed by atoms with van der Waals surface area (Å²) in [7, 11) is 0. The molecule has 0 aliphatic rings. The van der Waals surface area contributed by atoms with Crippen LogP contribution in [0.5, 0.6) is 0 Å². The SMILES string of the molecule is CC(C)c1nn(-c2cc(F)c(F)cc2F)c(N)c1Cl. The van der Waals surface area contributed by atoms with Gasteiger partial charge in [-0.2, -0.15) is 5.10 Å². The van der Waals surface area contributed by atoms with E-state index in [9.17, 15) is 13.2 Å². The molecule has 7 heteroatoms. The summed E-state index contributed by atoms with van der Waals surface area (Å²) >= 11 is 5.98. The van der Waals surface area contributed by atoms with Gasteiger partial charge in [-0.1, -0.05) is 25.4 Å². The van der Waals surface area contributed by atoms with E-state index in [1.54, 1.807) is 0 Å². The second-order valence-electron chi connectivity index (χ2n) is 4.37. The lowest BCUT2D eigenvalue weighted by Crippen LogP contribution is -2.06. The van der Waals surface area contributed by atoms with Crippen molar-refractivity contribution in [1.29, 1.82) is 0 Å². The number of nitrogens with two attached hydrogens (primary N) is 1. The molecule has 1 aromatic heterocycles. The standard InChI is InChI=1S/C12H11ClF3N3/c1-5(2)11-10(13)12(17)19(18-11)9-4-7(15)6(14)3-8(9)16/h3-5H,17H2,1-2H3. The summed E-state index contributed by atoms with van der Waals surface area (Å²) < 4.78 is 40.7. The maximum atomic E-state index is 13.7. The lowest BCUT2D eigenvalue weighted by atomic mass is 10.1. The first-order valence-corrected chi connectivity index (χ1v) is 5.89. The zero-order valence-corrected chi connectivity index (χ0v) is 11.0. The summed E-state index contributed by atoms with van der Waals surface area (Å²) in [6.45, 7) is 3.67. The number of benzene rings is 1. The molecule has 2 N–H and O–H groups in total. The van der Waals surface area contributed by atoms with Crippen LogP contribution < -0.4 is 5.73 Å². The second kappa shape index (κ2) is 4.77. The zero-order chi connectivity index (χ0) is 14.3. The molecular formula is C12H11ClF3N3. The molecule has 0 aliphatic carbocycles.